The number of aliphatic hydroxyl groups excluding tert-OH is 1. The molecular weight excluding hydrogens is 356 g/mol. The zero-order chi connectivity index (χ0) is 19.3. The summed E-state index contributed by atoms with van der Waals surface area (Å²) < 4.78 is 55.9. The molecule has 0 heterocycles. The van der Waals surface area contributed by atoms with E-state index in [1.807, 2.05) is 0 Å². The van der Waals surface area contributed by atoms with Crippen molar-refractivity contribution in [3.8, 4) is 5.75 Å². The summed E-state index contributed by atoms with van der Waals surface area (Å²) in [7, 11) is 1.27. The highest BCUT2D eigenvalue weighted by Gasteiger charge is 2.30. The fourth-order valence-electron chi connectivity index (χ4n) is 2.20. The Hall–Kier alpha value is -2.81. The predicted molar refractivity (Wildman–Crippen MR) is 86.4 cm³/mol. The zero-order valence-corrected chi connectivity index (χ0v) is 13.6. The Balaban J connectivity index is 2.06. The topological polar surface area (TPSA) is 70.6 Å². The molecule has 2 aromatic carbocycles. The van der Waals surface area contributed by atoms with Gasteiger partial charge in [0.15, 0.2) is 11.6 Å². The van der Waals surface area contributed by atoms with E-state index in [0.717, 1.165) is 18.2 Å². The number of amides is 2. The van der Waals surface area contributed by atoms with Crippen molar-refractivity contribution in [2.24, 2.45) is 0 Å². The third-order valence-corrected chi connectivity index (χ3v) is 3.54. The smallest absolute Gasteiger partial charge is 0.416 e. The molecule has 0 aromatic heterocycles. The summed E-state index contributed by atoms with van der Waals surface area (Å²) in [5, 5.41) is 14.3. The largest absolute Gasteiger partial charge is 0.494 e. The van der Waals surface area contributed by atoms with Crippen LogP contribution >= 0.6 is 0 Å². The zero-order valence-electron chi connectivity index (χ0n) is 13.6. The van der Waals surface area contributed by atoms with Crippen molar-refractivity contribution in [3.63, 3.8) is 0 Å². The molecule has 9 heteroatoms. The summed E-state index contributed by atoms with van der Waals surface area (Å²) in [5.74, 6) is -0.666. The molecule has 2 rings (SSSR count). The van der Waals surface area contributed by atoms with Crippen LogP contribution in [-0.4, -0.2) is 24.9 Å². The highest BCUT2D eigenvalue weighted by Crippen LogP contribution is 2.30. The normalized spacial score (nSPS) is 12.4. The van der Waals surface area contributed by atoms with Crippen LogP contribution in [0, 0.1) is 5.82 Å². The van der Waals surface area contributed by atoms with E-state index in [1.54, 1.807) is 0 Å². The third-order valence-electron chi connectivity index (χ3n) is 3.54. The average molecular weight is 372 g/mol. The number of urea groups is 1. The van der Waals surface area contributed by atoms with Gasteiger partial charge in [0.05, 0.1) is 25.3 Å². The highest BCUT2D eigenvalue weighted by molar-refractivity contribution is 5.89. The minimum Gasteiger partial charge on any atom is -0.494 e. The number of nitrogens with one attached hydrogen (secondary N) is 2. The van der Waals surface area contributed by atoms with E-state index in [1.165, 1.54) is 31.4 Å². The molecule has 3 N–H and O–H groups in total. The molecule has 1 atom stereocenters. The number of alkyl halides is 3. The van der Waals surface area contributed by atoms with Crippen molar-refractivity contribution < 1.29 is 32.2 Å². The Morgan fingerprint density at radius 2 is 1.85 bits per heavy atom. The summed E-state index contributed by atoms with van der Waals surface area (Å²) in [4.78, 5) is 12.0. The van der Waals surface area contributed by atoms with Crippen LogP contribution in [0.2, 0.25) is 0 Å². The van der Waals surface area contributed by atoms with Gasteiger partial charge in [-0.3, -0.25) is 0 Å². The van der Waals surface area contributed by atoms with Crippen LogP contribution in [0.15, 0.2) is 42.5 Å². The summed E-state index contributed by atoms with van der Waals surface area (Å²) in [6.07, 6.45) is -4.47. The first-order chi connectivity index (χ1) is 12.2. The van der Waals surface area contributed by atoms with Gasteiger partial charge in [-0.15, -0.1) is 0 Å². The van der Waals surface area contributed by atoms with Crippen molar-refractivity contribution in [1.29, 1.82) is 0 Å². The molecule has 2 aromatic rings. The van der Waals surface area contributed by atoms with Gasteiger partial charge in [-0.2, -0.15) is 13.2 Å². The van der Waals surface area contributed by atoms with E-state index in [4.69, 9.17) is 4.74 Å². The Morgan fingerprint density at radius 1 is 1.19 bits per heavy atom. The van der Waals surface area contributed by atoms with E-state index in [2.05, 4.69) is 10.6 Å². The Bertz CT molecular complexity index is 764. The van der Waals surface area contributed by atoms with Crippen molar-refractivity contribution in [3.05, 3.63) is 59.4 Å². The molecule has 2 amide bonds. The molecule has 0 fully saturated rings. The van der Waals surface area contributed by atoms with Crippen LogP contribution in [0.1, 0.15) is 17.2 Å². The second kappa shape index (κ2) is 8.05. The molecule has 5 nitrogen and oxygen atoms in total. The summed E-state index contributed by atoms with van der Waals surface area (Å²) in [6, 6.07) is 6.11. The van der Waals surface area contributed by atoms with Gasteiger partial charge >= 0.3 is 12.2 Å². The second-order valence-corrected chi connectivity index (χ2v) is 5.30. The van der Waals surface area contributed by atoms with Gasteiger partial charge in [0, 0.05) is 11.8 Å². The van der Waals surface area contributed by atoms with Gasteiger partial charge in [-0.1, -0.05) is 12.1 Å². The number of aliphatic hydroxyl groups is 1. The molecule has 0 saturated carbocycles. The SMILES string of the molecule is COc1cc(NC(=O)NC(CO)c2ccc(C(F)(F)F)cc2)ccc1F. The van der Waals surface area contributed by atoms with Crippen LogP contribution in [0.4, 0.5) is 28.0 Å². The number of halogens is 4. The predicted octanol–water partition coefficient (Wildman–Crippen LogP) is 3.71. The lowest BCUT2D eigenvalue weighted by molar-refractivity contribution is -0.137. The van der Waals surface area contributed by atoms with Gasteiger partial charge in [-0.25, -0.2) is 9.18 Å². The minimum absolute atomic E-state index is 0.0655. The average Bonchev–Trinajstić information content (AvgIpc) is 2.60. The fourth-order valence-corrected chi connectivity index (χ4v) is 2.20. The molecule has 0 radical (unpaired) electrons. The minimum atomic E-state index is -4.47. The number of carbonyl (C=O) groups excluding carboxylic acids is 1. The molecule has 0 aliphatic carbocycles. The number of hydrogen-bond acceptors (Lipinski definition) is 3. The number of hydrogen-bond donors (Lipinski definition) is 3. The molecule has 140 valence electrons. The molecule has 0 spiro atoms. The van der Waals surface area contributed by atoms with Crippen LogP contribution in [0.3, 0.4) is 0 Å². The number of methoxy groups -OCH3 is 1. The van der Waals surface area contributed by atoms with Crippen LogP contribution in [-0.2, 0) is 6.18 Å². The lowest BCUT2D eigenvalue weighted by Crippen LogP contribution is -2.34. The molecule has 0 bridgehead atoms. The number of benzene rings is 2. The number of anilines is 1. The van der Waals surface area contributed by atoms with Crippen LogP contribution < -0.4 is 15.4 Å². The Kier molecular flexibility index (Phi) is 6.04. The van der Waals surface area contributed by atoms with Gasteiger partial charge in [0.1, 0.15) is 0 Å². The van der Waals surface area contributed by atoms with Gasteiger partial charge in [0.25, 0.3) is 0 Å². The fraction of sp³-hybridized carbons (Fsp3) is 0.235. The Labute approximate surface area is 146 Å². The monoisotopic (exact) mass is 372 g/mol. The second-order valence-electron chi connectivity index (χ2n) is 5.30. The lowest BCUT2D eigenvalue weighted by atomic mass is 10.1. The number of ether oxygens (including phenoxy) is 1. The van der Waals surface area contributed by atoms with Crippen molar-refractivity contribution in [1.82, 2.24) is 5.32 Å². The number of carbonyl (C=O) groups is 1. The third kappa shape index (κ3) is 4.85. The Morgan fingerprint density at radius 3 is 2.38 bits per heavy atom. The standard InChI is InChI=1S/C17H16F4N2O3/c1-26-15-8-12(6-7-13(15)18)22-16(25)23-14(9-24)10-2-4-11(5-3-10)17(19,20)21/h2-8,14,24H,9H2,1H3,(H2,22,23,25). The van der Waals surface area contributed by atoms with Crippen molar-refractivity contribution in [2.75, 3.05) is 19.0 Å². The van der Waals surface area contributed by atoms with Gasteiger partial charge in [-0.05, 0) is 29.8 Å². The van der Waals surface area contributed by atoms with Crippen molar-refractivity contribution in [2.45, 2.75) is 12.2 Å². The molecule has 0 aliphatic rings. The van der Waals surface area contributed by atoms with Crippen LogP contribution in [0.5, 0.6) is 5.75 Å². The van der Waals surface area contributed by atoms with Gasteiger partial charge < -0.3 is 20.5 Å². The quantitative estimate of drug-likeness (QED) is 0.701. The highest BCUT2D eigenvalue weighted by atomic mass is 19.4. The summed E-state index contributed by atoms with van der Waals surface area (Å²) in [5.41, 5.74) is -0.294. The first-order valence-corrected chi connectivity index (χ1v) is 7.43. The van der Waals surface area contributed by atoms with E-state index in [9.17, 15) is 27.5 Å². The maximum atomic E-state index is 13.3. The maximum absolute atomic E-state index is 13.3. The molecule has 0 saturated heterocycles. The first kappa shape index (κ1) is 19.5. The van der Waals surface area contributed by atoms with E-state index in [-0.39, 0.29) is 11.4 Å². The lowest BCUT2D eigenvalue weighted by Gasteiger charge is -2.18. The maximum Gasteiger partial charge on any atom is 0.416 e. The van der Waals surface area contributed by atoms with E-state index >= 15 is 0 Å². The van der Waals surface area contributed by atoms with Gasteiger partial charge in [0.2, 0.25) is 0 Å². The van der Waals surface area contributed by atoms with E-state index < -0.39 is 36.2 Å². The molecule has 0 aliphatic heterocycles. The molecular formula is C17H16F4N2O3. The van der Waals surface area contributed by atoms with Crippen molar-refractivity contribution >= 4 is 11.7 Å². The first-order valence-electron chi connectivity index (χ1n) is 7.43. The summed E-state index contributed by atoms with van der Waals surface area (Å²) in [6.45, 7) is -0.522. The summed E-state index contributed by atoms with van der Waals surface area (Å²) >= 11 is 0. The molecule has 1 unspecified atom stereocenters. The van der Waals surface area contributed by atoms with Crippen LogP contribution in [0.25, 0.3) is 0 Å². The van der Waals surface area contributed by atoms with E-state index in [0.29, 0.717) is 5.56 Å². The number of rotatable bonds is 5. The molecule has 26 heavy (non-hydrogen) atoms.